The summed E-state index contributed by atoms with van der Waals surface area (Å²) in [7, 11) is 0. The number of nitrogens with one attached hydrogen (secondary N) is 1. The summed E-state index contributed by atoms with van der Waals surface area (Å²) < 4.78 is 0.703. The molecule has 18 heavy (non-hydrogen) atoms. The summed E-state index contributed by atoms with van der Waals surface area (Å²) >= 11 is 7.28. The van der Waals surface area contributed by atoms with E-state index in [-0.39, 0.29) is 5.78 Å². The van der Waals surface area contributed by atoms with Gasteiger partial charge in [-0.25, -0.2) is 0 Å². The Balaban J connectivity index is 1.95. The number of rotatable bonds is 5. The molecule has 0 bridgehead atoms. The Morgan fingerprint density at radius 1 is 1.39 bits per heavy atom. The molecule has 0 aliphatic heterocycles. The van der Waals surface area contributed by atoms with Crippen molar-refractivity contribution in [1.29, 1.82) is 0 Å². The molecule has 1 saturated carbocycles. The lowest BCUT2D eigenvalue weighted by Crippen LogP contribution is -3.16. The van der Waals surface area contributed by atoms with Crippen LogP contribution in [0.3, 0.4) is 0 Å². The maximum Gasteiger partial charge on any atom is 0.226 e. The van der Waals surface area contributed by atoms with Crippen LogP contribution in [0.2, 0.25) is 4.34 Å². The van der Waals surface area contributed by atoms with E-state index in [4.69, 9.17) is 11.6 Å². The smallest absolute Gasteiger partial charge is 0.226 e. The standard InChI is InChI=1S/C14H20ClNOS/c1-2-16(11-6-4-3-5-7-11)10-12(17)13-8-9-14(15)18-13/h8-9,11H,2-7,10H2,1H3/p+1. The molecule has 1 N–H and O–H groups in total. The monoisotopic (exact) mass is 286 g/mol. The lowest BCUT2D eigenvalue weighted by molar-refractivity contribution is -0.917. The second kappa shape index (κ2) is 6.69. The van der Waals surface area contributed by atoms with E-state index < -0.39 is 0 Å². The van der Waals surface area contributed by atoms with E-state index in [0.29, 0.717) is 16.9 Å². The van der Waals surface area contributed by atoms with E-state index in [0.717, 1.165) is 11.4 Å². The molecule has 1 aliphatic rings. The van der Waals surface area contributed by atoms with Crippen LogP contribution in [-0.4, -0.2) is 24.9 Å². The molecule has 1 heterocycles. The van der Waals surface area contributed by atoms with Gasteiger partial charge in [0.05, 0.1) is 21.8 Å². The molecule has 2 nitrogen and oxygen atoms in total. The van der Waals surface area contributed by atoms with Crippen molar-refractivity contribution >= 4 is 28.7 Å². The number of thiophene rings is 1. The van der Waals surface area contributed by atoms with Gasteiger partial charge in [-0.15, -0.1) is 11.3 Å². The zero-order valence-corrected chi connectivity index (χ0v) is 12.4. The summed E-state index contributed by atoms with van der Waals surface area (Å²) in [5.74, 6) is 0.245. The van der Waals surface area contributed by atoms with Crippen LogP contribution in [-0.2, 0) is 0 Å². The van der Waals surface area contributed by atoms with Crippen LogP contribution in [0.15, 0.2) is 12.1 Å². The van der Waals surface area contributed by atoms with Gasteiger partial charge in [0.25, 0.3) is 0 Å². The van der Waals surface area contributed by atoms with Crippen LogP contribution in [0.25, 0.3) is 0 Å². The summed E-state index contributed by atoms with van der Waals surface area (Å²) in [6.07, 6.45) is 6.58. The normalized spacial score (nSPS) is 18.8. The molecule has 1 atom stereocenters. The highest BCUT2D eigenvalue weighted by molar-refractivity contribution is 7.18. The number of hydrogen-bond acceptors (Lipinski definition) is 2. The van der Waals surface area contributed by atoms with Gasteiger partial charge in [0.1, 0.15) is 6.54 Å². The number of carbonyl (C=O) groups is 1. The van der Waals surface area contributed by atoms with Gasteiger partial charge in [0.15, 0.2) is 0 Å². The number of halogens is 1. The molecule has 1 unspecified atom stereocenters. The summed E-state index contributed by atoms with van der Waals surface area (Å²) in [6.45, 7) is 3.84. The van der Waals surface area contributed by atoms with Gasteiger partial charge in [0.2, 0.25) is 5.78 Å². The fourth-order valence-corrected chi connectivity index (χ4v) is 3.81. The quantitative estimate of drug-likeness (QED) is 0.826. The first-order valence-electron chi connectivity index (χ1n) is 6.83. The zero-order valence-electron chi connectivity index (χ0n) is 10.9. The highest BCUT2D eigenvalue weighted by Crippen LogP contribution is 2.21. The van der Waals surface area contributed by atoms with Gasteiger partial charge >= 0.3 is 0 Å². The minimum atomic E-state index is 0.245. The third-order valence-electron chi connectivity index (χ3n) is 3.87. The van der Waals surface area contributed by atoms with Gasteiger partial charge in [-0.05, 0) is 44.7 Å². The minimum Gasteiger partial charge on any atom is -0.326 e. The van der Waals surface area contributed by atoms with Gasteiger partial charge in [-0.2, -0.15) is 0 Å². The largest absolute Gasteiger partial charge is 0.326 e. The average molecular weight is 287 g/mol. The Hall–Kier alpha value is -0.380. The molecule has 1 aliphatic carbocycles. The number of quaternary nitrogens is 1. The number of Topliss-reactive ketones (excluding diaryl/α,β-unsaturated/α-hetero) is 1. The third-order valence-corrected chi connectivity index (χ3v) is 5.14. The second-order valence-corrected chi connectivity index (χ2v) is 6.77. The van der Waals surface area contributed by atoms with Crippen molar-refractivity contribution in [2.45, 2.75) is 45.1 Å². The van der Waals surface area contributed by atoms with Crippen LogP contribution in [0.1, 0.15) is 48.7 Å². The fraction of sp³-hybridized carbons (Fsp3) is 0.643. The van der Waals surface area contributed by atoms with E-state index in [1.165, 1.54) is 48.3 Å². The van der Waals surface area contributed by atoms with Crippen molar-refractivity contribution in [3.8, 4) is 0 Å². The Bertz CT molecular complexity index is 398. The molecule has 100 valence electrons. The fourth-order valence-electron chi connectivity index (χ4n) is 2.83. The minimum absolute atomic E-state index is 0.245. The topological polar surface area (TPSA) is 21.5 Å². The van der Waals surface area contributed by atoms with Crippen LogP contribution in [0.5, 0.6) is 0 Å². The molecule has 0 saturated heterocycles. The van der Waals surface area contributed by atoms with E-state index >= 15 is 0 Å². The van der Waals surface area contributed by atoms with Crippen molar-refractivity contribution in [3.05, 3.63) is 21.3 Å². The lowest BCUT2D eigenvalue weighted by atomic mass is 9.94. The molecule has 0 radical (unpaired) electrons. The first kappa shape index (κ1) is 14.0. The molecule has 1 fully saturated rings. The van der Waals surface area contributed by atoms with Crippen molar-refractivity contribution in [3.63, 3.8) is 0 Å². The van der Waals surface area contributed by atoms with Gasteiger partial charge in [-0.1, -0.05) is 18.0 Å². The summed E-state index contributed by atoms with van der Waals surface area (Å²) in [5, 5.41) is 0. The van der Waals surface area contributed by atoms with Crippen molar-refractivity contribution in [2.24, 2.45) is 0 Å². The molecule has 1 aromatic heterocycles. The summed E-state index contributed by atoms with van der Waals surface area (Å²) in [5.41, 5.74) is 0. The Morgan fingerprint density at radius 3 is 2.67 bits per heavy atom. The van der Waals surface area contributed by atoms with Crippen LogP contribution >= 0.6 is 22.9 Å². The summed E-state index contributed by atoms with van der Waals surface area (Å²) in [4.78, 5) is 14.5. The maximum atomic E-state index is 12.2. The number of ketones is 1. The van der Waals surface area contributed by atoms with Crippen LogP contribution < -0.4 is 4.90 Å². The Morgan fingerprint density at radius 2 is 2.11 bits per heavy atom. The van der Waals surface area contributed by atoms with E-state index in [9.17, 15) is 4.79 Å². The van der Waals surface area contributed by atoms with Gasteiger partial charge in [0, 0.05) is 0 Å². The van der Waals surface area contributed by atoms with E-state index in [2.05, 4.69) is 6.92 Å². The first-order valence-corrected chi connectivity index (χ1v) is 8.03. The second-order valence-electron chi connectivity index (χ2n) is 5.05. The third kappa shape index (κ3) is 3.56. The molecule has 0 aromatic carbocycles. The molecule has 4 heteroatoms. The molecular weight excluding hydrogens is 266 g/mol. The van der Waals surface area contributed by atoms with Crippen molar-refractivity contribution in [2.75, 3.05) is 13.1 Å². The highest BCUT2D eigenvalue weighted by atomic mass is 35.5. The van der Waals surface area contributed by atoms with E-state index in [1.54, 1.807) is 0 Å². The molecular formula is C14H21ClNOS+. The summed E-state index contributed by atoms with van der Waals surface area (Å²) in [6, 6.07) is 4.35. The van der Waals surface area contributed by atoms with Crippen LogP contribution in [0.4, 0.5) is 0 Å². The number of hydrogen-bond donors (Lipinski definition) is 1. The SMILES string of the molecule is CC[NH+](CC(=O)c1ccc(Cl)s1)C1CCCCC1. The highest BCUT2D eigenvalue weighted by Gasteiger charge is 2.26. The van der Waals surface area contributed by atoms with E-state index in [1.807, 2.05) is 12.1 Å². The predicted molar refractivity (Wildman–Crippen MR) is 76.9 cm³/mol. The van der Waals surface area contributed by atoms with Gasteiger partial charge in [-0.3, -0.25) is 4.79 Å². The zero-order chi connectivity index (χ0) is 13.0. The molecule has 1 aromatic rings. The predicted octanol–water partition coefficient (Wildman–Crippen LogP) is 2.82. The van der Waals surface area contributed by atoms with Crippen molar-refractivity contribution < 1.29 is 9.69 Å². The first-order chi connectivity index (χ1) is 8.70. The Labute approximate surface area is 118 Å². The Kier molecular flexibility index (Phi) is 5.22. The molecule has 0 spiro atoms. The van der Waals surface area contributed by atoms with Crippen molar-refractivity contribution in [1.82, 2.24) is 0 Å². The molecule has 2 rings (SSSR count). The average Bonchev–Trinajstić information content (AvgIpc) is 2.83. The lowest BCUT2D eigenvalue weighted by Gasteiger charge is -2.29. The maximum absolute atomic E-state index is 12.2. The number of carbonyl (C=O) groups excluding carboxylic acids is 1. The van der Waals surface area contributed by atoms with Crippen LogP contribution in [0, 0.1) is 0 Å². The molecule has 0 amide bonds. The van der Waals surface area contributed by atoms with Gasteiger partial charge < -0.3 is 4.90 Å². The number of likely N-dealkylation sites (N-methyl/N-ethyl adjacent to an activating group) is 1.